The van der Waals surface area contributed by atoms with Crippen LogP contribution in [0.1, 0.15) is 19.0 Å². The second kappa shape index (κ2) is 7.64. The fourth-order valence-corrected chi connectivity index (χ4v) is 3.22. The number of carbonyl (C=O) groups excluding carboxylic acids is 1. The zero-order valence-corrected chi connectivity index (χ0v) is 12.9. The Bertz CT molecular complexity index is 427. The van der Waals surface area contributed by atoms with Crippen molar-refractivity contribution in [1.82, 2.24) is 9.88 Å². The van der Waals surface area contributed by atoms with Crippen LogP contribution < -0.4 is 0 Å². The molecule has 2 rings (SSSR count). The molecule has 2 atom stereocenters. The SMILES string of the molecule is COC1CN(C(=O)CSCc2ccccn2)CCC1C. The number of methoxy groups -OCH3 is 1. The molecule has 0 radical (unpaired) electrons. The van der Waals surface area contributed by atoms with Crippen molar-refractivity contribution >= 4 is 17.7 Å². The lowest BCUT2D eigenvalue weighted by atomic mass is 9.96. The minimum atomic E-state index is 0.175. The number of hydrogen-bond donors (Lipinski definition) is 0. The Hall–Kier alpha value is -1.07. The molecule has 1 amide bonds. The quantitative estimate of drug-likeness (QED) is 0.835. The molecule has 1 saturated heterocycles. The lowest BCUT2D eigenvalue weighted by molar-refractivity contribution is -0.133. The normalized spacial score (nSPS) is 22.8. The molecule has 0 spiro atoms. The van der Waals surface area contributed by atoms with Crippen molar-refractivity contribution in [1.29, 1.82) is 0 Å². The van der Waals surface area contributed by atoms with E-state index < -0.39 is 0 Å². The summed E-state index contributed by atoms with van der Waals surface area (Å²) < 4.78 is 5.45. The standard InChI is InChI=1S/C15H22N2O2S/c1-12-6-8-17(9-14(12)19-2)15(18)11-20-10-13-5-3-4-7-16-13/h3-5,7,12,14H,6,8-11H2,1-2H3. The molecule has 20 heavy (non-hydrogen) atoms. The van der Waals surface area contributed by atoms with Crippen LogP contribution in [-0.4, -0.2) is 47.8 Å². The fourth-order valence-electron chi connectivity index (χ4n) is 2.38. The maximum absolute atomic E-state index is 12.2. The third-order valence-corrected chi connectivity index (χ3v) is 4.70. The monoisotopic (exact) mass is 294 g/mol. The third kappa shape index (κ3) is 4.21. The number of pyridine rings is 1. The summed E-state index contributed by atoms with van der Waals surface area (Å²) in [6.07, 6.45) is 2.98. The van der Waals surface area contributed by atoms with Gasteiger partial charge >= 0.3 is 0 Å². The average molecular weight is 294 g/mol. The van der Waals surface area contributed by atoms with Gasteiger partial charge in [-0.05, 0) is 24.5 Å². The summed E-state index contributed by atoms with van der Waals surface area (Å²) in [5.41, 5.74) is 1.02. The molecule has 110 valence electrons. The summed E-state index contributed by atoms with van der Waals surface area (Å²) in [5.74, 6) is 2.04. The fraction of sp³-hybridized carbons (Fsp3) is 0.600. The van der Waals surface area contributed by atoms with Gasteiger partial charge in [-0.1, -0.05) is 13.0 Å². The molecule has 5 heteroatoms. The number of rotatable bonds is 5. The molecule has 2 heterocycles. The zero-order chi connectivity index (χ0) is 14.4. The number of carbonyl (C=O) groups is 1. The molecular formula is C15H22N2O2S. The van der Waals surface area contributed by atoms with Gasteiger partial charge in [-0.2, -0.15) is 0 Å². The number of hydrogen-bond acceptors (Lipinski definition) is 4. The van der Waals surface area contributed by atoms with E-state index >= 15 is 0 Å². The molecule has 0 aromatic carbocycles. The van der Waals surface area contributed by atoms with Crippen LogP contribution in [0.3, 0.4) is 0 Å². The topological polar surface area (TPSA) is 42.4 Å². The highest BCUT2D eigenvalue weighted by atomic mass is 32.2. The Labute approximate surface area is 124 Å². The molecule has 1 aliphatic rings. The summed E-state index contributed by atoms with van der Waals surface area (Å²) in [4.78, 5) is 18.4. The number of amides is 1. The average Bonchev–Trinajstić information content (AvgIpc) is 2.48. The van der Waals surface area contributed by atoms with Gasteiger partial charge in [0.05, 0.1) is 17.6 Å². The lowest BCUT2D eigenvalue weighted by Gasteiger charge is -2.36. The number of likely N-dealkylation sites (tertiary alicyclic amines) is 1. The summed E-state index contributed by atoms with van der Waals surface area (Å²) in [6.45, 7) is 3.76. The first-order valence-corrected chi connectivity index (χ1v) is 8.14. The summed E-state index contributed by atoms with van der Waals surface area (Å²) >= 11 is 1.62. The molecule has 0 aliphatic carbocycles. The minimum Gasteiger partial charge on any atom is -0.379 e. The Morgan fingerprint density at radius 2 is 2.40 bits per heavy atom. The summed E-state index contributed by atoms with van der Waals surface area (Å²) in [7, 11) is 1.73. The van der Waals surface area contributed by atoms with Gasteiger partial charge in [-0.3, -0.25) is 9.78 Å². The van der Waals surface area contributed by atoms with Gasteiger partial charge in [0, 0.05) is 32.1 Å². The Kier molecular flexibility index (Phi) is 5.86. The van der Waals surface area contributed by atoms with E-state index in [0.717, 1.165) is 31.0 Å². The van der Waals surface area contributed by atoms with Crippen LogP contribution in [0.25, 0.3) is 0 Å². The summed E-state index contributed by atoms with van der Waals surface area (Å²) in [6, 6.07) is 5.86. The van der Waals surface area contributed by atoms with Crippen molar-refractivity contribution in [2.45, 2.75) is 25.2 Å². The molecule has 2 unspecified atom stereocenters. The third-order valence-electron chi connectivity index (χ3n) is 3.75. The molecular weight excluding hydrogens is 272 g/mol. The highest BCUT2D eigenvalue weighted by molar-refractivity contribution is 7.99. The van der Waals surface area contributed by atoms with Crippen LogP contribution in [0.4, 0.5) is 0 Å². The molecule has 0 saturated carbocycles. The van der Waals surface area contributed by atoms with Gasteiger partial charge in [0.2, 0.25) is 5.91 Å². The number of thioether (sulfide) groups is 1. The molecule has 0 N–H and O–H groups in total. The molecule has 1 aromatic heterocycles. The van der Waals surface area contributed by atoms with Crippen molar-refractivity contribution in [2.24, 2.45) is 5.92 Å². The maximum Gasteiger partial charge on any atom is 0.232 e. The van der Waals surface area contributed by atoms with Crippen LogP contribution in [0.2, 0.25) is 0 Å². The van der Waals surface area contributed by atoms with Crippen LogP contribution in [0, 0.1) is 5.92 Å². The minimum absolute atomic E-state index is 0.175. The highest BCUT2D eigenvalue weighted by Crippen LogP contribution is 2.20. The number of nitrogens with zero attached hydrogens (tertiary/aromatic N) is 2. The summed E-state index contributed by atoms with van der Waals surface area (Å²) in [5, 5.41) is 0. The Morgan fingerprint density at radius 3 is 3.10 bits per heavy atom. The van der Waals surface area contributed by atoms with Gasteiger partial charge < -0.3 is 9.64 Å². The van der Waals surface area contributed by atoms with E-state index in [9.17, 15) is 4.79 Å². The maximum atomic E-state index is 12.2. The molecule has 1 aromatic rings. The van der Waals surface area contributed by atoms with E-state index in [1.165, 1.54) is 0 Å². The predicted octanol–water partition coefficient (Wildman–Crippen LogP) is 2.20. The molecule has 1 aliphatic heterocycles. The van der Waals surface area contributed by atoms with E-state index in [1.807, 2.05) is 23.1 Å². The van der Waals surface area contributed by atoms with Crippen LogP contribution in [-0.2, 0) is 15.3 Å². The second-order valence-electron chi connectivity index (χ2n) is 5.19. The Morgan fingerprint density at radius 1 is 1.55 bits per heavy atom. The first-order chi connectivity index (χ1) is 9.70. The number of piperidine rings is 1. The number of aromatic nitrogens is 1. The van der Waals surface area contributed by atoms with Gasteiger partial charge in [-0.25, -0.2) is 0 Å². The van der Waals surface area contributed by atoms with Gasteiger partial charge in [0.15, 0.2) is 0 Å². The van der Waals surface area contributed by atoms with E-state index in [1.54, 1.807) is 25.1 Å². The van der Waals surface area contributed by atoms with Crippen molar-refractivity contribution in [3.63, 3.8) is 0 Å². The molecule has 0 bridgehead atoms. The highest BCUT2D eigenvalue weighted by Gasteiger charge is 2.28. The van der Waals surface area contributed by atoms with E-state index in [0.29, 0.717) is 11.7 Å². The number of ether oxygens (including phenoxy) is 1. The zero-order valence-electron chi connectivity index (χ0n) is 12.1. The lowest BCUT2D eigenvalue weighted by Crippen LogP contribution is -2.47. The Balaban J connectivity index is 1.75. The molecule has 1 fully saturated rings. The van der Waals surface area contributed by atoms with Crippen molar-refractivity contribution in [3.05, 3.63) is 30.1 Å². The van der Waals surface area contributed by atoms with Crippen LogP contribution in [0.15, 0.2) is 24.4 Å². The van der Waals surface area contributed by atoms with Crippen molar-refractivity contribution < 1.29 is 9.53 Å². The van der Waals surface area contributed by atoms with Crippen LogP contribution in [0.5, 0.6) is 0 Å². The van der Waals surface area contributed by atoms with Gasteiger partial charge in [-0.15, -0.1) is 11.8 Å². The van der Waals surface area contributed by atoms with E-state index in [-0.39, 0.29) is 12.0 Å². The van der Waals surface area contributed by atoms with Gasteiger partial charge in [0.1, 0.15) is 0 Å². The van der Waals surface area contributed by atoms with Crippen molar-refractivity contribution in [2.75, 3.05) is 26.0 Å². The first-order valence-electron chi connectivity index (χ1n) is 6.99. The van der Waals surface area contributed by atoms with E-state index in [4.69, 9.17) is 4.74 Å². The second-order valence-corrected chi connectivity index (χ2v) is 6.18. The van der Waals surface area contributed by atoms with E-state index in [2.05, 4.69) is 11.9 Å². The predicted molar refractivity (Wildman–Crippen MR) is 81.6 cm³/mol. The molecule has 4 nitrogen and oxygen atoms in total. The van der Waals surface area contributed by atoms with Crippen LogP contribution >= 0.6 is 11.8 Å². The first kappa shape index (κ1) is 15.3. The van der Waals surface area contributed by atoms with Gasteiger partial charge in [0.25, 0.3) is 0 Å². The van der Waals surface area contributed by atoms with Crippen molar-refractivity contribution in [3.8, 4) is 0 Å². The largest absolute Gasteiger partial charge is 0.379 e. The smallest absolute Gasteiger partial charge is 0.232 e.